The Morgan fingerprint density at radius 3 is 1.49 bits per heavy atom. The predicted molar refractivity (Wildman–Crippen MR) is 177 cm³/mol. The van der Waals surface area contributed by atoms with Gasteiger partial charge in [-0.05, 0) is 82.2 Å². The average molecular weight is 520 g/mol. The molecule has 0 saturated carbocycles. The van der Waals surface area contributed by atoms with Crippen LogP contribution in [0.15, 0.2) is 146 Å². The molecule has 0 amide bonds. The maximum absolute atomic E-state index is 3.47. The quantitative estimate of drug-likeness (QED) is 0.219. The van der Waals surface area contributed by atoms with E-state index < -0.39 is 0 Å². The van der Waals surface area contributed by atoms with Crippen LogP contribution in [0, 0.1) is 0 Å². The molecule has 9 aromatic rings. The first-order valence-corrected chi connectivity index (χ1v) is 14.2. The summed E-state index contributed by atoms with van der Waals surface area (Å²) in [6.07, 6.45) is 4.35. The monoisotopic (exact) mass is 519 g/mol. The molecule has 0 aliphatic heterocycles. The molecule has 0 atom stereocenters. The van der Waals surface area contributed by atoms with Gasteiger partial charge in [-0.1, -0.05) is 127 Å². The van der Waals surface area contributed by atoms with E-state index >= 15 is 0 Å². The second-order valence-electron chi connectivity index (χ2n) is 11.0. The summed E-state index contributed by atoms with van der Waals surface area (Å²) in [6, 6.07) is 48.9. The van der Waals surface area contributed by atoms with Gasteiger partial charge in [0.1, 0.15) is 0 Å². The van der Waals surface area contributed by atoms with Gasteiger partial charge in [0, 0.05) is 23.2 Å². The molecule has 41 heavy (non-hydrogen) atoms. The van der Waals surface area contributed by atoms with Crippen LogP contribution in [0.2, 0.25) is 0 Å². The van der Waals surface area contributed by atoms with Crippen molar-refractivity contribution in [3.63, 3.8) is 0 Å². The molecule has 9 rings (SSSR count). The zero-order valence-electron chi connectivity index (χ0n) is 22.4. The summed E-state index contributed by atoms with van der Waals surface area (Å²) in [6.45, 7) is 0. The van der Waals surface area contributed by atoms with E-state index in [1.165, 1.54) is 86.9 Å². The van der Waals surface area contributed by atoms with Crippen molar-refractivity contribution >= 4 is 64.6 Å². The largest absolute Gasteiger partial charge is 0.366 e. The third kappa shape index (κ3) is 3.18. The van der Waals surface area contributed by atoms with E-state index in [0.29, 0.717) is 0 Å². The van der Waals surface area contributed by atoms with Gasteiger partial charge in [-0.15, -0.1) is 0 Å². The number of nitrogens with one attached hydrogen (secondary N) is 1. The number of H-pyrrole nitrogens is 1. The second kappa shape index (κ2) is 8.55. The van der Waals surface area contributed by atoms with Crippen molar-refractivity contribution in [1.29, 1.82) is 0 Å². The fourth-order valence-corrected chi connectivity index (χ4v) is 7.09. The Kier molecular flexibility index (Phi) is 4.67. The van der Waals surface area contributed by atoms with E-state index in [-0.39, 0.29) is 0 Å². The van der Waals surface area contributed by atoms with Crippen LogP contribution in [0.3, 0.4) is 0 Å². The van der Waals surface area contributed by atoms with Crippen molar-refractivity contribution in [2.75, 3.05) is 0 Å². The second-order valence-corrected chi connectivity index (χ2v) is 11.0. The molecule has 1 N–H and O–H groups in total. The number of aromatic amines is 1. The Balaban J connectivity index is 1.41. The molecule has 0 fully saturated rings. The molecule has 1 heterocycles. The first kappa shape index (κ1) is 22.4. The van der Waals surface area contributed by atoms with Crippen molar-refractivity contribution in [3.8, 4) is 22.3 Å². The van der Waals surface area contributed by atoms with Gasteiger partial charge in [0.2, 0.25) is 0 Å². The SMILES string of the molecule is c1ccc2c(-c3c4ccccc4c(-c4ccc5c6ccccc6c6ccccc6c5c4)c4c[nH]cc34)cccc2c1. The molecule has 1 nitrogen and oxygen atoms in total. The minimum absolute atomic E-state index is 1.24. The Morgan fingerprint density at radius 1 is 0.317 bits per heavy atom. The lowest BCUT2D eigenvalue weighted by Crippen LogP contribution is -1.90. The van der Waals surface area contributed by atoms with Gasteiger partial charge in [-0.25, -0.2) is 0 Å². The van der Waals surface area contributed by atoms with Gasteiger partial charge >= 0.3 is 0 Å². The number of fused-ring (bicyclic) bond motifs is 9. The molecule has 0 spiro atoms. The molecular weight excluding hydrogens is 494 g/mol. The lowest BCUT2D eigenvalue weighted by atomic mass is 9.85. The molecule has 0 bridgehead atoms. The molecule has 0 radical (unpaired) electrons. The van der Waals surface area contributed by atoms with Crippen LogP contribution in [0.4, 0.5) is 0 Å². The molecule has 190 valence electrons. The van der Waals surface area contributed by atoms with E-state index in [4.69, 9.17) is 0 Å². The summed E-state index contributed by atoms with van der Waals surface area (Å²) >= 11 is 0. The molecule has 1 aromatic heterocycles. The summed E-state index contributed by atoms with van der Waals surface area (Å²) in [5, 5.41) is 15.4. The van der Waals surface area contributed by atoms with Gasteiger partial charge in [0.05, 0.1) is 0 Å². The average Bonchev–Trinajstić information content (AvgIpc) is 3.52. The Bertz CT molecular complexity index is 2440. The van der Waals surface area contributed by atoms with Crippen molar-refractivity contribution in [3.05, 3.63) is 146 Å². The third-order valence-corrected chi connectivity index (χ3v) is 8.84. The first-order valence-electron chi connectivity index (χ1n) is 14.2. The van der Waals surface area contributed by atoms with Crippen LogP contribution in [0.25, 0.3) is 86.9 Å². The lowest BCUT2D eigenvalue weighted by molar-refractivity contribution is 1.43. The maximum Gasteiger partial charge on any atom is 0.00911 e. The number of aromatic nitrogens is 1. The van der Waals surface area contributed by atoms with E-state index in [1.807, 2.05) is 0 Å². The highest BCUT2D eigenvalue weighted by Crippen LogP contribution is 2.46. The number of benzene rings is 8. The minimum atomic E-state index is 1.24. The zero-order valence-corrected chi connectivity index (χ0v) is 22.4. The Hall–Kier alpha value is -5.40. The van der Waals surface area contributed by atoms with Gasteiger partial charge in [0.25, 0.3) is 0 Å². The van der Waals surface area contributed by atoms with Crippen LogP contribution in [-0.4, -0.2) is 4.98 Å². The maximum atomic E-state index is 3.47. The van der Waals surface area contributed by atoms with Crippen LogP contribution in [0.5, 0.6) is 0 Å². The van der Waals surface area contributed by atoms with Crippen LogP contribution >= 0.6 is 0 Å². The van der Waals surface area contributed by atoms with Crippen molar-refractivity contribution in [2.45, 2.75) is 0 Å². The standard InChI is InChI=1S/C40H25N/c1-2-12-27-25(10-1)11-9-19-33(27)40-35-18-8-7-17-34(35)39(37-23-41-24-38(37)40)26-20-21-32-30-15-4-3-13-28(30)29-14-5-6-16-31(29)36(32)22-26/h1-24,41H. The van der Waals surface area contributed by atoms with Crippen molar-refractivity contribution in [2.24, 2.45) is 0 Å². The minimum Gasteiger partial charge on any atom is -0.366 e. The normalized spacial score (nSPS) is 11.9. The highest BCUT2D eigenvalue weighted by Gasteiger charge is 2.19. The number of rotatable bonds is 2. The van der Waals surface area contributed by atoms with Crippen molar-refractivity contribution in [1.82, 2.24) is 4.98 Å². The summed E-state index contributed by atoms with van der Waals surface area (Å²) in [5.41, 5.74) is 5.07. The smallest absolute Gasteiger partial charge is 0.00911 e. The summed E-state index contributed by atoms with van der Waals surface area (Å²) < 4.78 is 0. The zero-order chi connectivity index (χ0) is 26.9. The van der Waals surface area contributed by atoms with E-state index in [0.717, 1.165) is 0 Å². The molecule has 0 aliphatic rings. The lowest BCUT2D eigenvalue weighted by Gasteiger charge is -2.17. The topological polar surface area (TPSA) is 15.8 Å². The molecule has 0 unspecified atom stereocenters. The fourth-order valence-electron chi connectivity index (χ4n) is 7.09. The van der Waals surface area contributed by atoms with E-state index in [2.05, 4.69) is 151 Å². The van der Waals surface area contributed by atoms with Crippen LogP contribution in [-0.2, 0) is 0 Å². The summed E-state index contributed by atoms with van der Waals surface area (Å²) in [7, 11) is 0. The fraction of sp³-hybridized carbons (Fsp3) is 0. The Morgan fingerprint density at radius 2 is 0.805 bits per heavy atom. The Labute approximate surface area is 237 Å². The van der Waals surface area contributed by atoms with Crippen LogP contribution in [0.1, 0.15) is 0 Å². The van der Waals surface area contributed by atoms with Crippen LogP contribution < -0.4 is 0 Å². The molecule has 1 heteroatoms. The summed E-state index contributed by atoms with van der Waals surface area (Å²) in [5.74, 6) is 0. The number of hydrogen-bond acceptors (Lipinski definition) is 0. The first-order chi connectivity index (χ1) is 20.4. The van der Waals surface area contributed by atoms with Crippen molar-refractivity contribution < 1.29 is 0 Å². The van der Waals surface area contributed by atoms with Gasteiger partial charge in [-0.3, -0.25) is 0 Å². The molecule has 0 saturated heterocycles. The van der Waals surface area contributed by atoms with E-state index in [1.54, 1.807) is 0 Å². The predicted octanol–water partition coefficient (Wildman–Crippen LogP) is 11.3. The number of hydrogen-bond donors (Lipinski definition) is 1. The highest BCUT2D eigenvalue weighted by atomic mass is 14.6. The molecule has 0 aliphatic carbocycles. The van der Waals surface area contributed by atoms with Gasteiger partial charge in [0.15, 0.2) is 0 Å². The summed E-state index contributed by atoms with van der Waals surface area (Å²) in [4.78, 5) is 3.47. The molecule has 8 aromatic carbocycles. The van der Waals surface area contributed by atoms with Gasteiger partial charge < -0.3 is 4.98 Å². The third-order valence-electron chi connectivity index (χ3n) is 8.84. The van der Waals surface area contributed by atoms with Gasteiger partial charge in [-0.2, -0.15) is 0 Å². The highest BCUT2D eigenvalue weighted by molar-refractivity contribution is 6.27. The van der Waals surface area contributed by atoms with E-state index in [9.17, 15) is 0 Å². The molecular formula is C40H25N.